The standard InChI is InChI=1S/C20H31N5O/c1-16(2)25-15-21-22-20(25)14-23(3)12-17-7-8-19(26-4)18(11-17)13-24-9-5-6-10-24/h7-8,11,15-16H,5-6,9-10,12-14H2,1-4H3. The van der Waals surface area contributed by atoms with Crippen LogP contribution in [0, 0.1) is 0 Å². The second-order valence-electron chi connectivity index (χ2n) is 7.55. The molecule has 0 radical (unpaired) electrons. The van der Waals surface area contributed by atoms with Crippen molar-refractivity contribution in [2.75, 3.05) is 27.2 Å². The number of ether oxygens (including phenoxy) is 1. The Balaban J connectivity index is 1.67. The predicted octanol–water partition coefficient (Wildman–Crippen LogP) is 3.10. The molecule has 0 aliphatic carbocycles. The molecule has 3 rings (SSSR count). The summed E-state index contributed by atoms with van der Waals surface area (Å²) >= 11 is 0. The maximum atomic E-state index is 5.58. The normalized spacial score (nSPS) is 15.3. The van der Waals surface area contributed by atoms with Gasteiger partial charge in [-0.15, -0.1) is 10.2 Å². The van der Waals surface area contributed by atoms with Gasteiger partial charge in [0.25, 0.3) is 0 Å². The van der Waals surface area contributed by atoms with Gasteiger partial charge in [-0.05, 0) is 64.5 Å². The van der Waals surface area contributed by atoms with Gasteiger partial charge >= 0.3 is 0 Å². The molecular weight excluding hydrogens is 326 g/mol. The van der Waals surface area contributed by atoms with Gasteiger partial charge in [-0.3, -0.25) is 9.80 Å². The van der Waals surface area contributed by atoms with Gasteiger partial charge in [0.2, 0.25) is 0 Å². The zero-order valence-electron chi connectivity index (χ0n) is 16.5. The van der Waals surface area contributed by atoms with E-state index < -0.39 is 0 Å². The highest BCUT2D eigenvalue weighted by Gasteiger charge is 2.15. The monoisotopic (exact) mass is 357 g/mol. The van der Waals surface area contributed by atoms with Crippen molar-refractivity contribution in [2.45, 2.75) is 52.4 Å². The summed E-state index contributed by atoms with van der Waals surface area (Å²) in [6.07, 6.45) is 4.43. The molecule has 6 nitrogen and oxygen atoms in total. The van der Waals surface area contributed by atoms with Crippen LogP contribution in [0.1, 0.15) is 49.7 Å². The topological polar surface area (TPSA) is 46.4 Å². The molecule has 2 aromatic rings. The molecule has 1 aliphatic heterocycles. The Morgan fingerprint density at radius 1 is 1.19 bits per heavy atom. The van der Waals surface area contributed by atoms with Crippen LogP contribution in [0.5, 0.6) is 5.75 Å². The largest absolute Gasteiger partial charge is 0.496 e. The fraction of sp³-hybridized carbons (Fsp3) is 0.600. The predicted molar refractivity (Wildman–Crippen MR) is 103 cm³/mol. The van der Waals surface area contributed by atoms with E-state index in [1.807, 2.05) is 6.33 Å². The Morgan fingerprint density at radius 3 is 2.65 bits per heavy atom. The maximum Gasteiger partial charge on any atom is 0.147 e. The van der Waals surface area contributed by atoms with Crippen LogP contribution in [0.2, 0.25) is 0 Å². The minimum Gasteiger partial charge on any atom is -0.496 e. The lowest BCUT2D eigenvalue weighted by molar-refractivity contribution is 0.300. The summed E-state index contributed by atoms with van der Waals surface area (Å²) in [7, 11) is 3.89. The molecule has 0 atom stereocenters. The molecule has 142 valence electrons. The first-order valence-corrected chi connectivity index (χ1v) is 9.52. The lowest BCUT2D eigenvalue weighted by Crippen LogP contribution is -2.21. The minimum absolute atomic E-state index is 0.376. The van der Waals surface area contributed by atoms with Crippen molar-refractivity contribution in [3.8, 4) is 5.75 Å². The summed E-state index contributed by atoms with van der Waals surface area (Å²) in [5.74, 6) is 2.00. The highest BCUT2D eigenvalue weighted by Crippen LogP contribution is 2.24. The van der Waals surface area contributed by atoms with Crippen LogP contribution in [0.3, 0.4) is 0 Å². The molecule has 6 heteroatoms. The average Bonchev–Trinajstić information content (AvgIpc) is 3.27. The number of benzene rings is 1. The van der Waals surface area contributed by atoms with E-state index in [-0.39, 0.29) is 0 Å². The van der Waals surface area contributed by atoms with E-state index in [1.54, 1.807) is 7.11 Å². The van der Waals surface area contributed by atoms with Crippen molar-refractivity contribution in [1.29, 1.82) is 0 Å². The number of hydrogen-bond donors (Lipinski definition) is 0. The molecule has 1 aromatic heterocycles. The first kappa shape index (κ1) is 18.9. The number of likely N-dealkylation sites (tertiary alicyclic amines) is 1. The SMILES string of the molecule is COc1ccc(CN(C)Cc2nncn2C(C)C)cc1CN1CCCC1. The molecule has 1 fully saturated rings. The van der Waals surface area contributed by atoms with Crippen molar-refractivity contribution in [1.82, 2.24) is 24.6 Å². The van der Waals surface area contributed by atoms with Crippen molar-refractivity contribution < 1.29 is 4.74 Å². The highest BCUT2D eigenvalue weighted by atomic mass is 16.5. The van der Waals surface area contributed by atoms with Gasteiger partial charge in [-0.2, -0.15) is 0 Å². The number of methoxy groups -OCH3 is 1. The third-order valence-corrected chi connectivity index (χ3v) is 5.00. The average molecular weight is 358 g/mol. The molecule has 0 saturated carbocycles. The summed E-state index contributed by atoms with van der Waals surface area (Å²) in [4.78, 5) is 4.79. The molecule has 1 aromatic carbocycles. The summed E-state index contributed by atoms with van der Waals surface area (Å²) in [5, 5.41) is 8.34. The molecule has 2 heterocycles. The number of aromatic nitrogens is 3. The molecular formula is C20H31N5O. The Hall–Kier alpha value is -1.92. The Kier molecular flexibility index (Phi) is 6.27. The van der Waals surface area contributed by atoms with E-state index in [0.717, 1.165) is 31.2 Å². The maximum absolute atomic E-state index is 5.58. The molecule has 0 unspecified atom stereocenters. The van der Waals surface area contributed by atoms with Gasteiger partial charge in [0.1, 0.15) is 17.9 Å². The Morgan fingerprint density at radius 2 is 1.96 bits per heavy atom. The molecule has 0 amide bonds. The van der Waals surface area contributed by atoms with Crippen LogP contribution in [-0.2, 0) is 19.6 Å². The van der Waals surface area contributed by atoms with E-state index in [9.17, 15) is 0 Å². The zero-order valence-corrected chi connectivity index (χ0v) is 16.5. The Labute approximate surface area is 156 Å². The van der Waals surface area contributed by atoms with E-state index in [1.165, 1.54) is 37.1 Å². The van der Waals surface area contributed by atoms with Crippen LogP contribution in [-0.4, -0.2) is 51.8 Å². The molecule has 0 bridgehead atoms. The molecule has 1 saturated heterocycles. The van der Waals surface area contributed by atoms with Gasteiger partial charge in [0.05, 0.1) is 13.7 Å². The van der Waals surface area contributed by atoms with Gasteiger partial charge in [0, 0.05) is 24.7 Å². The quantitative estimate of drug-likeness (QED) is 0.726. The van der Waals surface area contributed by atoms with Gasteiger partial charge in [-0.25, -0.2) is 0 Å². The van der Waals surface area contributed by atoms with E-state index in [4.69, 9.17) is 4.74 Å². The summed E-state index contributed by atoms with van der Waals surface area (Å²) in [6, 6.07) is 6.93. The third kappa shape index (κ3) is 4.62. The number of rotatable bonds is 8. The molecule has 26 heavy (non-hydrogen) atoms. The van der Waals surface area contributed by atoms with Gasteiger partial charge in [-0.1, -0.05) is 6.07 Å². The van der Waals surface area contributed by atoms with Gasteiger partial charge < -0.3 is 9.30 Å². The highest BCUT2D eigenvalue weighted by molar-refractivity contribution is 5.37. The second kappa shape index (κ2) is 8.64. The van der Waals surface area contributed by atoms with E-state index in [2.05, 4.69) is 63.7 Å². The zero-order chi connectivity index (χ0) is 18.5. The van der Waals surface area contributed by atoms with Crippen LogP contribution in [0.4, 0.5) is 0 Å². The fourth-order valence-corrected chi connectivity index (χ4v) is 3.66. The first-order chi connectivity index (χ1) is 12.6. The van der Waals surface area contributed by atoms with Crippen LogP contribution >= 0.6 is 0 Å². The van der Waals surface area contributed by atoms with Crippen LogP contribution < -0.4 is 4.74 Å². The summed E-state index contributed by atoms with van der Waals surface area (Å²) in [5.41, 5.74) is 2.59. The summed E-state index contributed by atoms with van der Waals surface area (Å²) in [6.45, 7) is 9.33. The van der Waals surface area contributed by atoms with Crippen molar-refractivity contribution in [3.05, 3.63) is 41.5 Å². The molecule has 1 aliphatic rings. The lowest BCUT2D eigenvalue weighted by Gasteiger charge is -2.20. The van der Waals surface area contributed by atoms with E-state index >= 15 is 0 Å². The smallest absolute Gasteiger partial charge is 0.147 e. The van der Waals surface area contributed by atoms with Crippen molar-refractivity contribution in [2.24, 2.45) is 0 Å². The third-order valence-electron chi connectivity index (χ3n) is 5.00. The number of nitrogens with zero attached hydrogens (tertiary/aromatic N) is 5. The van der Waals surface area contributed by atoms with E-state index in [0.29, 0.717) is 6.04 Å². The molecule has 0 N–H and O–H groups in total. The lowest BCUT2D eigenvalue weighted by atomic mass is 10.1. The van der Waals surface area contributed by atoms with Crippen molar-refractivity contribution >= 4 is 0 Å². The van der Waals surface area contributed by atoms with Crippen molar-refractivity contribution in [3.63, 3.8) is 0 Å². The number of hydrogen-bond acceptors (Lipinski definition) is 5. The summed E-state index contributed by atoms with van der Waals surface area (Å²) < 4.78 is 7.71. The Bertz CT molecular complexity index is 706. The van der Waals surface area contributed by atoms with Crippen LogP contribution in [0.15, 0.2) is 24.5 Å². The fourth-order valence-electron chi connectivity index (χ4n) is 3.66. The minimum atomic E-state index is 0.376. The van der Waals surface area contributed by atoms with Gasteiger partial charge in [0.15, 0.2) is 0 Å². The first-order valence-electron chi connectivity index (χ1n) is 9.52. The second-order valence-corrected chi connectivity index (χ2v) is 7.55. The molecule has 0 spiro atoms. The van der Waals surface area contributed by atoms with Crippen LogP contribution in [0.25, 0.3) is 0 Å².